The third-order valence-corrected chi connectivity index (χ3v) is 8.02. The number of thiazole rings is 1. The van der Waals surface area contributed by atoms with E-state index in [1.165, 1.54) is 31.2 Å². The van der Waals surface area contributed by atoms with Gasteiger partial charge in [-0.25, -0.2) is 4.98 Å². The molecule has 2 aromatic rings. The van der Waals surface area contributed by atoms with Gasteiger partial charge < -0.3 is 4.90 Å². The molecule has 3 fully saturated rings. The molecule has 1 amide bonds. The highest BCUT2D eigenvalue weighted by atomic mass is 32.1. The van der Waals surface area contributed by atoms with E-state index in [1.807, 2.05) is 13.8 Å². The summed E-state index contributed by atoms with van der Waals surface area (Å²) in [6, 6.07) is 12.2. The van der Waals surface area contributed by atoms with Crippen LogP contribution in [0.4, 0.5) is 0 Å². The maximum atomic E-state index is 13.2. The third kappa shape index (κ3) is 3.18. The molecule has 0 aliphatic carbocycles. The van der Waals surface area contributed by atoms with Crippen LogP contribution in [0.1, 0.15) is 57.7 Å². The van der Waals surface area contributed by atoms with Crippen LogP contribution in [0.25, 0.3) is 0 Å². The van der Waals surface area contributed by atoms with Crippen LogP contribution < -0.4 is 0 Å². The molecular formula is C23H29N3OS. The molecule has 4 atom stereocenters. The second kappa shape index (κ2) is 7.27. The van der Waals surface area contributed by atoms with Gasteiger partial charge in [0, 0.05) is 31.7 Å². The molecule has 5 rings (SSSR count). The Morgan fingerprint density at radius 2 is 1.93 bits per heavy atom. The van der Waals surface area contributed by atoms with E-state index in [-0.39, 0.29) is 5.91 Å². The van der Waals surface area contributed by atoms with Gasteiger partial charge in [0.25, 0.3) is 5.91 Å². The number of fused-ring (bicyclic) bond motifs is 4. The van der Waals surface area contributed by atoms with Gasteiger partial charge in [0.15, 0.2) is 0 Å². The molecule has 4 heterocycles. The predicted molar refractivity (Wildman–Crippen MR) is 113 cm³/mol. The van der Waals surface area contributed by atoms with Crippen LogP contribution in [-0.2, 0) is 0 Å². The molecule has 1 aromatic carbocycles. The minimum absolute atomic E-state index is 0.210. The Kier molecular flexibility index (Phi) is 4.76. The van der Waals surface area contributed by atoms with Crippen molar-refractivity contribution in [3.8, 4) is 0 Å². The standard InChI is InChI=1S/C23H29N3OS/c1-15-22(28-16(2)24-15)23(27)25-12-17-11-19(14-25)21-10-6-9-20(26(21)13-17)18-7-4-3-5-8-18/h3-5,7-8,17,19-21H,6,9-14H2,1-2H3/t17-,19+,20+,21-/m0/s1. The number of rotatable bonds is 2. The Bertz CT molecular complexity index is 864. The number of carbonyl (C=O) groups is 1. The van der Waals surface area contributed by atoms with Crippen LogP contribution in [0.5, 0.6) is 0 Å². The van der Waals surface area contributed by atoms with Gasteiger partial charge >= 0.3 is 0 Å². The minimum Gasteiger partial charge on any atom is -0.337 e. The minimum atomic E-state index is 0.210. The summed E-state index contributed by atoms with van der Waals surface area (Å²) in [5.74, 6) is 1.41. The molecule has 148 valence electrons. The van der Waals surface area contributed by atoms with Crippen molar-refractivity contribution in [1.29, 1.82) is 0 Å². The van der Waals surface area contributed by atoms with Crippen molar-refractivity contribution in [3.05, 3.63) is 51.5 Å². The number of benzene rings is 1. The zero-order valence-corrected chi connectivity index (χ0v) is 17.6. The van der Waals surface area contributed by atoms with E-state index in [1.54, 1.807) is 11.3 Å². The first kappa shape index (κ1) is 18.3. The van der Waals surface area contributed by atoms with Crippen molar-refractivity contribution >= 4 is 17.2 Å². The summed E-state index contributed by atoms with van der Waals surface area (Å²) in [7, 11) is 0. The van der Waals surface area contributed by atoms with E-state index in [9.17, 15) is 4.79 Å². The number of carbonyl (C=O) groups excluding carboxylic acids is 1. The van der Waals surface area contributed by atoms with Crippen LogP contribution in [0.2, 0.25) is 0 Å². The molecule has 2 bridgehead atoms. The number of hydrogen-bond donors (Lipinski definition) is 0. The highest BCUT2D eigenvalue weighted by Crippen LogP contribution is 2.44. The summed E-state index contributed by atoms with van der Waals surface area (Å²) in [6.45, 7) is 6.90. The molecule has 28 heavy (non-hydrogen) atoms. The first-order valence-electron chi connectivity index (χ1n) is 10.6. The van der Waals surface area contributed by atoms with Gasteiger partial charge in [-0.1, -0.05) is 30.3 Å². The fourth-order valence-electron chi connectivity index (χ4n) is 5.88. The molecule has 3 aliphatic rings. The van der Waals surface area contributed by atoms with Gasteiger partial charge in [0.05, 0.1) is 10.7 Å². The van der Waals surface area contributed by atoms with Crippen molar-refractivity contribution in [3.63, 3.8) is 0 Å². The SMILES string of the molecule is Cc1nc(C)c(C(=O)N2C[C@@H]3C[C@H](C2)[C@@H]2CCC[C@H](c4ccccc4)N2C3)s1. The number of aromatic nitrogens is 1. The molecule has 0 unspecified atom stereocenters. The third-order valence-electron chi connectivity index (χ3n) is 6.96. The van der Waals surface area contributed by atoms with Gasteiger partial charge in [-0.05, 0) is 56.9 Å². The number of nitrogens with zero attached hydrogens (tertiary/aromatic N) is 3. The molecule has 3 aliphatic heterocycles. The normalized spacial score (nSPS) is 30.1. The maximum absolute atomic E-state index is 13.2. The van der Waals surface area contributed by atoms with Crippen LogP contribution in [0, 0.1) is 25.7 Å². The average Bonchev–Trinajstić information content (AvgIpc) is 3.05. The summed E-state index contributed by atoms with van der Waals surface area (Å²) in [4.78, 5) is 23.4. The molecule has 4 nitrogen and oxygen atoms in total. The fourth-order valence-corrected chi connectivity index (χ4v) is 6.77. The molecule has 0 spiro atoms. The van der Waals surface area contributed by atoms with Gasteiger partial charge in [0.2, 0.25) is 0 Å². The van der Waals surface area contributed by atoms with E-state index in [4.69, 9.17) is 0 Å². The highest BCUT2D eigenvalue weighted by Gasteiger charge is 2.46. The van der Waals surface area contributed by atoms with E-state index in [0.717, 1.165) is 35.2 Å². The Morgan fingerprint density at radius 3 is 2.68 bits per heavy atom. The largest absolute Gasteiger partial charge is 0.337 e. The zero-order chi connectivity index (χ0) is 19.3. The fraction of sp³-hybridized carbons (Fsp3) is 0.565. The first-order valence-corrected chi connectivity index (χ1v) is 11.5. The monoisotopic (exact) mass is 395 g/mol. The van der Waals surface area contributed by atoms with Gasteiger partial charge in [-0.3, -0.25) is 9.69 Å². The van der Waals surface area contributed by atoms with E-state index in [2.05, 4.69) is 45.1 Å². The lowest BCUT2D eigenvalue weighted by atomic mass is 9.74. The predicted octanol–water partition coefficient (Wildman–Crippen LogP) is 4.45. The van der Waals surface area contributed by atoms with Crippen LogP contribution in [-0.4, -0.2) is 46.4 Å². The quantitative estimate of drug-likeness (QED) is 0.754. The lowest BCUT2D eigenvalue weighted by Crippen LogP contribution is -2.60. The summed E-state index contributed by atoms with van der Waals surface area (Å²) in [5.41, 5.74) is 2.36. The molecule has 3 saturated heterocycles. The summed E-state index contributed by atoms with van der Waals surface area (Å²) in [5, 5.41) is 0.988. The van der Waals surface area contributed by atoms with Gasteiger partial charge in [0.1, 0.15) is 4.88 Å². The Morgan fingerprint density at radius 1 is 1.11 bits per heavy atom. The smallest absolute Gasteiger partial charge is 0.265 e. The van der Waals surface area contributed by atoms with Crippen molar-refractivity contribution in [2.24, 2.45) is 11.8 Å². The number of aryl methyl sites for hydroxylation is 2. The van der Waals surface area contributed by atoms with E-state index in [0.29, 0.717) is 23.9 Å². The van der Waals surface area contributed by atoms with Crippen LogP contribution in [0.15, 0.2) is 30.3 Å². The van der Waals surface area contributed by atoms with Gasteiger partial charge in [-0.15, -0.1) is 11.3 Å². The van der Waals surface area contributed by atoms with E-state index < -0.39 is 0 Å². The Labute approximate surface area is 171 Å². The second-order valence-corrected chi connectivity index (χ2v) is 10.0. The maximum Gasteiger partial charge on any atom is 0.265 e. The zero-order valence-electron chi connectivity index (χ0n) is 16.8. The number of piperidine rings is 3. The van der Waals surface area contributed by atoms with Crippen molar-refractivity contribution < 1.29 is 4.79 Å². The van der Waals surface area contributed by atoms with E-state index >= 15 is 0 Å². The van der Waals surface area contributed by atoms with Crippen LogP contribution >= 0.6 is 11.3 Å². The number of amides is 1. The molecule has 0 radical (unpaired) electrons. The Hall–Kier alpha value is -1.72. The van der Waals surface area contributed by atoms with Gasteiger partial charge in [-0.2, -0.15) is 0 Å². The highest BCUT2D eigenvalue weighted by molar-refractivity contribution is 7.13. The number of likely N-dealkylation sites (tertiary alicyclic amines) is 1. The summed E-state index contributed by atoms with van der Waals surface area (Å²) in [6.07, 6.45) is 5.12. The molecule has 1 aromatic heterocycles. The molecule has 5 heteroatoms. The lowest BCUT2D eigenvalue weighted by Gasteiger charge is -2.55. The van der Waals surface area contributed by atoms with Crippen molar-refractivity contribution in [1.82, 2.24) is 14.8 Å². The Balaban J connectivity index is 1.36. The lowest BCUT2D eigenvalue weighted by molar-refractivity contribution is -0.0510. The number of hydrogen-bond acceptors (Lipinski definition) is 4. The first-order chi connectivity index (χ1) is 13.6. The summed E-state index contributed by atoms with van der Waals surface area (Å²) < 4.78 is 0. The summed E-state index contributed by atoms with van der Waals surface area (Å²) >= 11 is 1.55. The molecular weight excluding hydrogens is 366 g/mol. The van der Waals surface area contributed by atoms with Crippen molar-refractivity contribution in [2.75, 3.05) is 19.6 Å². The second-order valence-electron chi connectivity index (χ2n) is 8.84. The molecule has 0 saturated carbocycles. The van der Waals surface area contributed by atoms with Crippen molar-refractivity contribution in [2.45, 2.75) is 51.6 Å². The molecule has 0 N–H and O–H groups in total. The topological polar surface area (TPSA) is 36.4 Å². The van der Waals surface area contributed by atoms with Crippen LogP contribution in [0.3, 0.4) is 0 Å². The average molecular weight is 396 g/mol.